The molecule has 2 aromatic rings. The Labute approximate surface area is 170 Å². The molecule has 29 heavy (non-hydrogen) atoms. The summed E-state index contributed by atoms with van der Waals surface area (Å²) in [6.07, 6.45) is -0.385. The number of aliphatic carboxylic acids is 1. The van der Waals surface area contributed by atoms with Crippen LogP contribution in [0.2, 0.25) is 0 Å². The van der Waals surface area contributed by atoms with Gasteiger partial charge in [-0.3, -0.25) is 9.10 Å². The molecular formula is C18H22N2O7S2. The Hall–Kier alpha value is -2.63. The Morgan fingerprint density at radius 3 is 2.21 bits per heavy atom. The maximum absolute atomic E-state index is 13.0. The lowest BCUT2D eigenvalue weighted by molar-refractivity contribution is -0.136. The number of hydrogen-bond donors (Lipinski definition) is 2. The third-order valence-electron chi connectivity index (χ3n) is 4.11. The van der Waals surface area contributed by atoms with Crippen molar-refractivity contribution < 1.29 is 31.5 Å². The van der Waals surface area contributed by atoms with Crippen molar-refractivity contribution in [3.05, 3.63) is 48.0 Å². The van der Waals surface area contributed by atoms with Crippen molar-refractivity contribution in [3.63, 3.8) is 0 Å². The minimum Gasteiger partial charge on any atom is -0.495 e. The number of anilines is 1. The standard InChI is InChI=1S/C18H22N2O7S2/c1-13-4-6-14(7-5-13)29(25,26)20(2)16-12-15(8-9-17(16)27-3)28(23,24)19-11-10-18(21)22/h4-9,12,19H,10-11H2,1-3H3,(H,21,22). The highest BCUT2D eigenvalue weighted by Gasteiger charge is 2.26. The van der Waals surface area contributed by atoms with E-state index in [9.17, 15) is 21.6 Å². The highest BCUT2D eigenvalue weighted by atomic mass is 32.2. The third-order valence-corrected chi connectivity index (χ3v) is 7.35. The van der Waals surface area contributed by atoms with Gasteiger partial charge in [0.25, 0.3) is 10.0 Å². The SMILES string of the molecule is COc1ccc(S(=O)(=O)NCCC(=O)O)cc1N(C)S(=O)(=O)c1ccc(C)cc1. The highest BCUT2D eigenvalue weighted by molar-refractivity contribution is 7.92. The first-order valence-electron chi connectivity index (χ1n) is 8.44. The van der Waals surface area contributed by atoms with E-state index >= 15 is 0 Å². The van der Waals surface area contributed by atoms with Crippen LogP contribution < -0.4 is 13.8 Å². The quantitative estimate of drug-likeness (QED) is 0.603. The van der Waals surface area contributed by atoms with Crippen molar-refractivity contribution in [1.29, 1.82) is 0 Å². The van der Waals surface area contributed by atoms with Crippen LogP contribution in [0.5, 0.6) is 5.75 Å². The monoisotopic (exact) mass is 442 g/mol. The Kier molecular flexibility index (Phi) is 6.88. The van der Waals surface area contributed by atoms with Crippen LogP contribution in [0.4, 0.5) is 5.69 Å². The molecular weight excluding hydrogens is 420 g/mol. The number of carboxylic acid groups (broad SMARTS) is 1. The predicted molar refractivity (Wildman–Crippen MR) is 107 cm³/mol. The fourth-order valence-electron chi connectivity index (χ4n) is 2.46. The molecule has 0 saturated heterocycles. The molecule has 0 atom stereocenters. The van der Waals surface area contributed by atoms with Crippen LogP contribution in [0, 0.1) is 6.92 Å². The van der Waals surface area contributed by atoms with Crippen molar-refractivity contribution in [2.24, 2.45) is 0 Å². The molecule has 0 aromatic heterocycles. The van der Waals surface area contributed by atoms with Crippen molar-refractivity contribution >= 4 is 31.7 Å². The largest absolute Gasteiger partial charge is 0.495 e. The van der Waals surface area contributed by atoms with Crippen LogP contribution in [-0.4, -0.2) is 48.6 Å². The number of benzene rings is 2. The van der Waals surface area contributed by atoms with E-state index in [1.165, 1.54) is 38.4 Å². The highest BCUT2D eigenvalue weighted by Crippen LogP contribution is 2.33. The molecule has 0 amide bonds. The number of carbonyl (C=O) groups is 1. The summed E-state index contributed by atoms with van der Waals surface area (Å²) >= 11 is 0. The maximum atomic E-state index is 13.0. The molecule has 2 rings (SSSR count). The van der Waals surface area contributed by atoms with E-state index in [0.717, 1.165) is 15.9 Å². The Bertz CT molecular complexity index is 1100. The molecule has 0 heterocycles. The van der Waals surface area contributed by atoms with Crippen LogP contribution >= 0.6 is 0 Å². The van der Waals surface area contributed by atoms with E-state index in [2.05, 4.69) is 4.72 Å². The number of carboxylic acids is 1. The number of aryl methyl sites for hydroxylation is 1. The van der Waals surface area contributed by atoms with Gasteiger partial charge in [-0.15, -0.1) is 0 Å². The molecule has 2 aromatic carbocycles. The second kappa shape index (κ2) is 8.80. The fraction of sp³-hybridized carbons (Fsp3) is 0.278. The van der Waals surface area contributed by atoms with Gasteiger partial charge in [0.2, 0.25) is 10.0 Å². The number of rotatable bonds is 9. The van der Waals surface area contributed by atoms with Gasteiger partial charge in [0.05, 0.1) is 29.0 Å². The molecule has 0 spiro atoms. The summed E-state index contributed by atoms with van der Waals surface area (Å²) in [5, 5.41) is 8.66. The molecule has 0 aliphatic rings. The van der Waals surface area contributed by atoms with Crippen LogP contribution in [0.1, 0.15) is 12.0 Å². The van der Waals surface area contributed by atoms with Gasteiger partial charge in [0.1, 0.15) is 5.75 Å². The Morgan fingerprint density at radius 2 is 1.66 bits per heavy atom. The lowest BCUT2D eigenvalue weighted by Crippen LogP contribution is -2.29. The zero-order valence-corrected chi connectivity index (χ0v) is 17.7. The minimum atomic E-state index is -4.04. The molecule has 0 radical (unpaired) electrons. The van der Waals surface area contributed by atoms with E-state index in [-0.39, 0.29) is 34.2 Å². The van der Waals surface area contributed by atoms with Crippen LogP contribution in [0.15, 0.2) is 52.3 Å². The molecule has 0 unspecified atom stereocenters. The zero-order chi connectivity index (χ0) is 21.8. The van der Waals surface area contributed by atoms with Gasteiger partial charge in [-0.1, -0.05) is 17.7 Å². The van der Waals surface area contributed by atoms with Gasteiger partial charge in [0, 0.05) is 13.6 Å². The van der Waals surface area contributed by atoms with Gasteiger partial charge in [-0.2, -0.15) is 0 Å². The summed E-state index contributed by atoms with van der Waals surface area (Å²) in [6.45, 7) is 1.53. The molecule has 0 aliphatic carbocycles. The van der Waals surface area contributed by atoms with E-state index in [4.69, 9.17) is 9.84 Å². The van der Waals surface area contributed by atoms with E-state index in [1.807, 2.05) is 6.92 Å². The van der Waals surface area contributed by atoms with Gasteiger partial charge in [0.15, 0.2) is 0 Å². The van der Waals surface area contributed by atoms with Crippen LogP contribution in [-0.2, 0) is 24.8 Å². The fourth-order valence-corrected chi connectivity index (χ4v) is 4.71. The van der Waals surface area contributed by atoms with Gasteiger partial charge in [-0.25, -0.2) is 21.6 Å². The summed E-state index contributed by atoms with van der Waals surface area (Å²) in [6, 6.07) is 9.98. The molecule has 0 fully saturated rings. The summed E-state index contributed by atoms with van der Waals surface area (Å²) in [5.74, 6) is -0.986. The average molecular weight is 443 g/mol. The molecule has 11 heteroatoms. The zero-order valence-electron chi connectivity index (χ0n) is 16.1. The van der Waals surface area contributed by atoms with Crippen molar-refractivity contribution in [1.82, 2.24) is 4.72 Å². The van der Waals surface area contributed by atoms with E-state index in [0.29, 0.717) is 0 Å². The minimum absolute atomic E-state index is 0.0224. The predicted octanol–water partition coefficient (Wildman–Crippen LogP) is 1.58. The first kappa shape index (κ1) is 22.7. The summed E-state index contributed by atoms with van der Waals surface area (Å²) in [5.41, 5.74) is 0.916. The lowest BCUT2D eigenvalue weighted by Gasteiger charge is -2.22. The average Bonchev–Trinajstić information content (AvgIpc) is 2.66. The van der Waals surface area contributed by atoms with Gasteiger partial charge < -0.3 is 9.84 Å². The van der Waals surface area contributed by atoms with Crippen molar-refractivity contribution in [2.75, 3.05) is 25.0 Å². The molecule has 0 saturated carbocycles. The first-order valence-corrected chi connectivity index (χ1v) is 11.4. The van der Waals surface area contributed by atoms with Crippen molar-refractivity contribution in [3.8, 4) is 5.75 Å². The molecule has 2 N–H and O–H groups in total. The van der Waals surface area contributed by atoms with Crippen LogP contribution in [0.3, 0.4) is 0 Å². The Morgan fingerprint density at radius 1 is 1.07 bits per heavy atom. The van der Waals surface area contributed by atoms with Gasteiger partial charge in [-0.05, 0) is 37.3 Å². The number of methoxy groups -OCH3 is 1. The lowest BCUT2D eigenvalue weighted by atomic mass is 10.2. The number of nitrogens with one attached hydrogen (secondary N) is 1. The van der Waals surface area contributed by atoms with Gasteiger partial charge >= 0.3 is 5.97 Å². The maximum Gasteiger partial charge on any atom is 0.304 e. The van der Waals surface area contributed by atoms with E-state index in [1.54, 1.807) is 12.1 Å². The van der Waals surface area contributed by atoms with Crippen LogP contribution in [0.25, 0.3) is 0 Å². The molecule has 0 bridgehead atoms. The molecule has 9 nitrogen and oxygen atoms in total. The summed E-state index contributed by atoms with van der Waals surface area (Å²) in [7, 11) is -5.38. The summed E-state index contributed by atoms with van der Waals surface area (Å²) < 4.78 is 59.1. The summed E-state index contributed by atoms with van der Waals surface area (Å²) in [4.78, 5) is 10.4. The van der Waals surface area contributed by atoms with E-state index < -0.39 is 26.0 Å². The van der Waals surface area contributed by atoms with Crippen molar-refractivity contribution in [2.45, 2.75) is 23.1 Å². The number of ether oxygens (including phenoxy) is 1. The second-order valence-electron chi connectivity index (χ2n) is 6.16. The first-order chi connectivity index (χ1) is 13.5. The smallest absolute Gasteiger partial charge is 0.304 e. The molecule has 158 valence electrons. The number of sulfonamides is 2. The Balaban J connectivity index is 2.44. The number of hydrogen-bond acceptors (Lipinski definition) is 6. The topological polar surface area (TPSA) is 130 Å². The molecule has 0 aliphatic heterocycles. The third kappa shape index (κ3) is 5.25. The normalized spacial score (nSPS) is 11.8. The second-order valence-corrected chi connectivity index (χ2v) is 9.90. The number of nitrogens with zero attached hydrogens (tertiary/aromatic N) is 1.